The number of morpholine rings is 1. The summed E-state index contributed by atoms with van der Waals surface area (Å²) < 4.78 is 10.8. The van der Waals surface area contributed by atoms with E-state index < -0.39 is 24.0 Å². The van der Waals surface area contributed by atoms with Crippen molar-refractivity contribution in [3.63, 3.8) is 0 Å². The Kier molecular flexibility index (Phi) is 6.19. The number of carboxylic acid groups (broad SMARTS) is 1. The maximum absolute atomic E-state index is 12.9. The van der Waals surface area contributed by atoms with Gasteiger partial charge in [0.1, 0.15) is 12.3 Å². The average Bonchev–Trinajstić information content (AvgIpc) is 3.45. The molecule has 2 amide bonds. The van der Waals surface area contributed by atoms with Crippen LogP contribution >= 0.6 is 0 Å². The monoisotopic (exact) mass is 476 g/mol. The summed E-state index contributed by atoms with van der Waals surface area (Å²) in [5.74, 6) is -1.36. The fraction of sp³-hybridized carbons (Fsp3) is 0.280. The van der Waals surface area contributed by atoms with Gasteiger partial charge in [-0.05, 0) is 22.3 Å². The summed E-state index contributed by atoms with van der Waals surface area (Å²) >= 11 is 0. The van der Waals surface area contributed by atoms with Crippen molar-refractivity contribution in [1.29, 1.82) is 0 Å². The van der Waals surface area contributed by atoms with Gasteiger partial charge in [-0.25, -0.2) is 4.79 Å². The highest BCUT2D eigenvalue weighted by Gasteiger charge is 2.31. The number of amides is 2. The maximum Gasteiger partial charge on any atom is 0.412 e. The highest BCUT2D eigenvalue weighted by atomic mass is 16.5. The number of fused-ring (bicyclic) bond motifs is 3. The van der Waals surface area contributed by atoms with Crippen LogP contribution in [0.1, 0.15) is 34.0 Å². The normalized spacial score (nSPS) is 16.9. The van der Waals surface area contributed by atoms with Crippen LogP contribution < -0.4 is 5.32 Å². The molecule has 0 radical (unpaired) electrons. The highest BCUT2D eigenvalue weighted by Crippen LogP contribution is 2.44. The zero-order valence-corrected chi connectivity index (χ0v) is 18.8. The number of benzene rings is 2. The number of nitrogens with zero attached hydrogens (tertiary/aromatic N) is 2. The minimum absolute atomic E-state index is 0.0723. The Balaban J connectivity index is 1.22. The van der Waals surface area contributed by atoms with E-state index in [1.54, 1.807) is 0 Å². The number of aromatic amines is 1. The molecule has 35 heavy (non-hydrogen) atoms. The number of aliphatic carboxylic acids is 1. The number of carbonyl (C=O) groups excluding carboxylic acids is 2. The largest absolute Gasteiger partial charge is 0.481 e. The molecule has 1 atom stereocenters. The standard InChI is InChI=1S/C25H24N4O6/c30-23(31)11-15-13-34-10-9-29(15)24(32)21-12-22(28-27-21)26-25(33)35-14-20-18-7-3-1-5-16(18)17-6-2-4-8-19(17)20/h1-8,12,15,20H,9-11,13-14H2,(H,30,31)(H2,26,27,28,33). The van der Waals surface area contributed by atoms with Gasteiger partial charge < -0.3 is 19.5 Å². The highest BCUT2D eigenvalue weighted by molar-refractivity contribution is 5.94. The second-order valence-corrected chi connectivity index (χ2v) is 8.44. The molecule has 1 aromatic heterocycles. The molecule has 1 aliphatic carbocycles. The fourth-order valence-electron chi connectivity index (χ4n) is 4.68. The van der Waals surface area contributed by atoms with Gasteiger partial charge in [-0.3, -0.25) is 20.0 Å². The Morgan fingerprint density at radius 2 is 1.80 bits per heavy atom. The molecule has 10 nitrogen and oxygen atoms in total. The average molecular weight is 476 g/mol. The minimum Gasteiger partial charge on any atom is -0.481 e. The van der Waals surface area contributed by atoms with Crippen LogP contribution in [-0.2, 0) is 14.3 Å². The molecule has 1 unspecified atom stereocenters. The van der Waals surface area contributed by atoms with Crippen molar-refractivity contribution in [1.82, 2.24) is 15.1 Å². The zero-order valence-electron chi connectivity index (χ0n) is 18.8. The molecule has 0 bridgehead atoms. The number of hydrogen-bond donors (Lipinski definition) is 3. The smallest absolute Gasteiger partial charge is 0.412 e. The van der Waals surface area contributed by atoms with Crippen LogP contribution in [0.5, 0.6) is 0 Å². The first kappa shape index (κ1) is 22.6. The molecule has 180 valence electrons. The SMILES string of the molecule is O=C(O)CC1COCCN1C(=O)c1cc(NC(=O)OCC2c3ccccc3-c3ccccc32)n[nH]1. The van der Waals surface area contributed by atoms with E-state index in [9.17, 15) is 14.4 Å². The second kappa shape index (κ2) is 9.59. The van der Waals surface area contributed by atoms with E-state index in [1.807, 2.05) is 36.4 Å². The summed E-state index contributed by atoms with van der Waals surface area (Å²) in [6, 6.07) is 16.9. The first-order chi connectivity index (χ1) is 17.0. The third-order valence-electron chi connectivity index (χ3n) is 6.28. The molecule has 2 aliphatic rings. The van der Waals surface area contributed by atoms with Crippen molar-refractivity contribution < 1.29 is 29.0 Å². The number of carboxylic acids is 1. The summed E-state index contributed by atoms with van der Waals surface area (Å²) in [6.45, 7) is 0.892. The van der Waals surface area contributed by atoms with Crippen LogP contribution in [0, 0.1) is 0 Å². The van der Waals surface area contributed by atoms with Gasteiger partial charge in [0, 0.05) is 18.5 Å². The molecule has 3 N–H and O–H groups in total. The van der Waals surface area contributed by atoms with Crippen LogP contribution in [0.2, 0.25) is 0 Å². The molecule has 1 aliphatic heterocycles. The fourth-order valence-corrected chi connectivity index (χ4v) is 4.68. The summed E-state index contributed by atoms with van der Waals surface area (Å²) in [6.07, 6.45) is -0.905. The molecule has 1 fully saturated rings. The van der Waals surface area contributed by atoms with Gasteiger partial charge in [0.05, 0.1) is 25.7 Å². The summed E-state index contributed by atoms with van der Waals surface area (Å²) in [4.78, 5) is 37.9. The van der Waals surface area contributed by atoms with Gasteiger partial charge in [-0.15, -0.1) is 0 Å². The van der Waals surface area contributed by atoms with Gasteiger partial charge in [-0.1, -0.05) is 48.5 Å². The number of aromatic nitrogens is 2. The van der Waals surface area contributed by atoms with Crippen molar-refractivity contribution in [2.45, 2.75) is 18.4 Å². The maximum atomic E-state index is 12.9. The van der Waals surface area contributed by atoms with Crippen LogP contribution in [-0.4, -0.2) is 70.6 Å². The molecule has 1 saturated heterocycles. The number of ether oxygens (including phenoxy) is 2. The van der Waals surface area contributed by atoms with Gasteiger partial charge in [0.2, 0.25) is 0 Å². The first-order valence-corrected chi connectivity index (χ1v) is 11.3. The van der Waals surface area contributed by atoms with E-state index in [-0.39, 0.29) is 43.6 Å². The lowest BCUT2D eigenvalue weighted by molar-refractivity contribution is -0.139. The quantitative estimate of drug-likeness (QED) is 0.498. The van der Waals surface area contributed by atoms with Gasteiger partial charge >= 0.3 is 12.1 Å². The van der Waals surface area contributed by atoms with Crippen LogP contribution in [0.3, 0.4) is 0 Å². The molecule has 0 spiro atoms. The number of anilines is 1. The van der Waals surface area contributed by atoms with Crippen molar-refractivity contribution >= 4 is 23.8 Å². The molecule has 2 heterocycles. The predicted octanol–water partition coefficient (Wildman–Crippen LogP) is 3.09. The molecule has 3 aromatic rings. The summed E-state index contributed by atoms with van der Waals surface area (Å²) in [5.41, 5.74) is 4.62. The topological polar surface area (TPSA) is 134 Å². The number of rotatable bonds is 6. The lowest BCUT2D eigenvalue weighted by Gasteiger charge is -2.34. The van der Waals surface area contributed by atoms with Crippen molar-refractivity contribution in [3.8, 4) is 11.1 Å². The van der Waals surface area contributed by atoms with E-state index >= 15 is 0 Å². The number of carbonyl (C=O) groups is 3. The lowest BCUT2D eigenvalue weighted by Crippen LogP contribution is -2.49. The molecule has 2 aromatic carbocycles. The molecule has 5 rings (SSSR count). The molecule has 0 saturated carbocycles. The second-order valence-electron chi connectivity index (χ2n) is 8.44. The lowest BCUT2D eigenvalue weighted by atomic mass is 9.98. The van der Waals surface area contributed by atoms with Crippen LogP contribution in [0.25, 0.3) is 11.1 Å². The Morgan fingerprint density at radius 1 is 1.11 bits per heavy atom. The van der Waals surface area contributed by atoms with Gasteiger partial charge in [-0.2, -0.15) is 5.10 Å². The Morgan fingerprint density at radius 3 is 2.49 bits per heavy atom. The van der Waals surface area contributed by atoms with Crippen molar-refractivity contribution in [3.05, 3.63) is 71.4 Å². The molecular formula is C25H24N4O6. The number of nitrogens with one attached hydrogen (secondary N) is 2. The summed E-state index contributed by atoms with van der Waals surface area (Å²) in [5, 5.41) is 18.2. The minimum atomic E-state index is -1.01. The van der Waals surface area contributed by atoms with E-state index in [0.717, 1.165) is 22.3 Å². The van der Waals surface area contributed by atoms with Gasteiger partial charge in [0.25, 0.3) is 5.91 Å². The Bertz CT molecular complexity index is 1230. The van der Waals surface area contributed by atoms with E-state index in [2.05, 4.69) is 27.6 Å². The molecule has 10 heteroatoms. The number of hydrogen-bond acceptors (Lipinski definition) is 6. The predicted molar refractivity (Wildman–Crippen MR) is 125 cm³/mol. The Labute approximate surface area is 200 Å². The van der Waals surface area contributed by atoms with E-state index in [1.165, 1.54) is 11.0 Å². The molecular weight excluding hydrogens is 452 g/mol. The van der Waals surface area contributed by atoms with Crippen LogP contribution in [0.15, 0.2) is 54.6 Å². The number of H-pyrrole nitrogens is 1. The van der Waals surface area contributed by atoms with E-state index in [4.69, 9.17) is 14.6 Å². The zero-order chi connectivity index (χ0) is 24.4. The van der Waals surface area contributed by atoms with Crippen LogP contribution in [0.4, 0.5) is 10.6 Å². The van der Waals surface area contributed by atoms with Crippen molar-refractivity contribution in [2.24, 2.45) is 0 Å². The van der Waals surface area contributed by atoms with Gasteiger partial charge in [0.15, 0.2) is 5.82 Å². The third kappa shape index (κ3) is 4.60. The first-order valence-electron chi connectivity index (χ1n) is 11.3. The third-order valence-corrected chi connectivity index (χ3v) is 6.28. The Hall–Kier alpha value is -4.18. The van der Waals surface area contributed by atoms with Crippen molar-refractivity contribution in [2.75, 3.05) is 31.7 Å². The van der Waals surface area contributed by atoms with E-state index in [0.29, 0.717) is 6.61 Å². The summed E-state index contributed by atoms with van der Waals surface area (Å²) in [7, 11) is 0.